The summed E-state index contributed by atoms with van der Waals surface area (Å²) in [6.07, 6.45) is 1.95. The van der Waals surface area contributed by atoms with E-state index in [1.54, 1.807) is 6.07 Å². The van der Waals surface area contributed by atoms with Gasteiger partial charge in [-0.1, -0.05) is 0 Å². The number of furan rings is 1. The van der Waals surface area contributed by atoms with Gasteiger partial charge in [0.2, 0.25) is 5.76 Å². The van der Waals surface area contributed by atoms with Gasteiger partial charge < -0.3 is 19.2 Å². The van der Waals surface area contributed by atoms with E-state index >= 15 is 0 Å². The van der Waals surface area contributed by atoms with Gasteiger partial charge in [-0.15, -0.1) is 0 Å². The molecule has 1 saturated heterocycles. The second-order valence-electron chi connectivity index (χ2n) is 4.24. The van der Waals surface area contributed by atoms with Crippen LogP contribution in [0.2, 0.25) is 0 Å². The molecule has 2 rings (SSSR count). The van der Waals surface area contributed by atoms with Gasteiger partial charge in [0.15, 0.2) is 0 Å². The smallest absolute Gasteiger partial charge is 0.407 e. The predicted molar refractivity (Wildman–Crippen MR) is 61.6 cm³/mol. The van der Waals surface area contributed by atoms with E-state index in [-0.39, 0.29) is 11.7 Å². The van der Waals surface area contributed by atoms with Crippen LogP contribution in [0.15, 0.2) is 16.7 Å². The lowest BCUT2D eigenvalue weighted by molar-refractivity contribution is 0.0561. The van der Waals surface area contributed by atoms with Crippen LogP contribution in [0.3, 0.4) is 0 Å². The molecule has 0 radical (unpaired) electrons. The zero-order chi connectivity index (χ0) is 13.1. The fraction of sp³-hybridized carbons (Fsp3) is 0.500. The van der Waals surface area contributed by atoms with Crippen LogP contribution in [-0.4, -0.2) is 42.3 Å². The molecule has 1 N–H and O–H groups in total. The molecule has 0 unspecified atom stereocenters. The number of hydrogen-bond donors (Lipinski definition) is 1. The largest absolute Gasteiger partial charge is 0.465 e. The zero-order valence-corrected chi connectivity index (χ0v) is 10.1. The lowest BCUT2D eigenvalue weighted by Gasteiger charge is -2.29. The Hall–Kier alpha value is -1.98. The van der Waals surface area contributed by atoms with Crippen molar-refractivity contribution in [2.45, 2.75) is 18.8 Å². The van der Waals surface area contributed by atoms with E-state index in [2.05, 4.69) is 4.74 Å². The van der Waals surface area contributed by atoms with E-state index in [9.17, 15) is 9.59 Å². The number of likely N-dealkylation sites (tertiary alicyclic amines) is 1. The number of piperidine rings is 1. The highest BCUT2D eigenvalue weighted by Crippen LogP contribution is 2.31. The molecule has 0 atom stereocenters. The summed E-state index contributed by atoms with van der Waals surface area (Å²) in [6.45, 7) is 0.956. The van der Waals surface area contributed by atoms with Gasteiger partial charge in [0.05, 0.1) is 13.4 Å². The van der Waals surface area contributed by atoms with E-state index in [1.165, 1.54) is 18.3 Å². The number of hydrogen-bond acceptors (Lipinski definition) is 4. The first-order chi connectivity index (χ1) is 8.63. The van der Waals surface area contributed by atoms with Crippen LogP contribution >= 0.6 is 0 Å². The molecule has 2 heterocycles. The van der Waals surface area contributed by atoms with Crippen molar-refractivity contribution < 1.29 is 23.8 Å². The van der Waals surface area contributed by atoms with Gasteiger partial charge in [0, 0.05) is 18.7 Å². The van der Waals surface area contributed by atoms with Crippen molar-refractivity contribution >= 4 is 12.1 Å². The van der Waals surface area contributed by atoms with Gasteiger partial charge >= 0.3 is 12.1 Å². The zero-order valence-electron chi connectivity index (χ0n) is 10.1. The van der Waals surface area contributed by atoms with E-state index in [0.717, 1.165) is 5.56 Å². The van der Waals surface area contributed by atoms with Gasteiger partial charge in [-0.25, -0.2) is 9.59 Å². The molecule has 6 heteroatoms. The van der Waals surface area contributed by atoms with E-state index < -0.39 is 12.1 Å². The van der Waals surface area contributed by atoms with Crippen molar-refractivity contribution in [1.82, 2.24) is 4.90 Å². The lowest BCUT2D eigenvalue weighted by atomic mass is 9.89. The number of methoxy groups -OCH3 is 1. The van der Waals surface area contributed by atoms with Crippen LogP contribution in [0.5, 0.6) is 0 Å². The molecule has 1 fully saturated rings. The molecule has 6 nitrogen and oxygen atoms in total. The fourth-order valence-corrected chi connectivity index (χ4v) is 2.28. The Labute approximate surface area is 104 Å². The molecule has 0 saturated carbocycles. The SMILES string of the molecule is COC(=O)c1occc1C1CCN(C(=O)O)CC1. The number of amides is 1. The number of carbonyl (C=O) groups excluding carboxylic acids is 1. The average Bonchev–Trinajstić information content (AvgIpc) is 2.87. The van der Waals surface area contributed by atoms with Crippen LogP contribution in [-0.2, 0) is 4.74 Å². The van der Waals surface area contributed by atoms with E-state index in [1.807, 2.05) is 0 Å². The van der Waals surface area contributed by atoms with Crippen molar-refractivity contribution in [3.05, 3.63) is 23.7 Å². The Balaban J connectivity index is 2.08. The quantitative estimate of drug-likeness (QED) is 0.814. The molecule has 0 aromatic carbocycles. The summed E-state index contributed by atoms with van der Waals surface area (Å²) in [7, 11) is 1.31. The fourth-order valence-electron chi connectivity index (χ4n) is 2.28. The second kappa shape index (κ2) is 5.12. The van der Waals surface area contributed by atoms with E-state index in [0.29, 0.717) is 25.9 Å². The summed E-state index contributed by atoms with van der Waals surface area (Å²) < 4.78 is 9.79. The molecule has 0 spiro atoms. The first kappa shape index (κ1) is 12.5. The molecular weight excluding hydrogens is 238 g/mol. The molecule has 18 heavy (non-hydrogen) atoms. The average molecular weight is 253 g/mol. The van der Waals surface area contributed by atoms with Crippen LogP contribution < -0.4 is 0 Å². The molecule has 1 aliphatic rings. The highest BCUT2D eigenvalue weighted by Gasteiger charge is 2.28. The molecule has 0 aliphatic carbocycles. The van der Waals surface area contributed by atoms with Crippen LogP contribution in [0, 0.1) is 0 Å². The molecule has 1 aliphatic heterocycles. The van der Waals surface area contributed by atoms with Crippen molar-refractivity contribution in [1.29, 1.82) is 0 Å². The summed E-state index contributed by atoms with van der Waals surface area (Å²) in [4.78, 5) is 23.7. The van der Waals surface area contributed by atoms with Crippen molar-refractivity contribution in [2.75, 3.05) is 20.2 Å². The lowest BCUT2D eigenvalue weighted by Crippen LogP contribution is -2.36. The maximum atomic E-state index is 11.5. The first-order valence-electron chi connectivity index (χ1n) is 5.77. The van der Waals surface area contributed by atoms with Gasteiger partial charge in [-0.3, -0.25) is 0 Å². The molecular formula is C12H15NO5. The molecule has 1 aromatic heterocycles. The predicted octanol–water partition coefficient (Wildman–Crippen LogP) is 1.92. The third-order valence-corrected chi connectivity index (χ3v) is 3.27. The normalized spacial score (nSPS) is 16.6. The van der Waals surface area contributed by atoms with Crippen molar-refractivity contribution in [2.24, 2.45) is 0 Å². The van der Waals surface area contributed by atoms with Crippen LogP contribution in [0.1, 0.15) is 34.9 Å². The minimum atomic E-state index is -0.895. The molecule has 1 aromatic rings. The molecule has 98 valence electrons. The third-order valence-electron chi connectivity index (χ3n) is 3.27. The molecule has 1 amide bonds. The summed E-state index contributed by atoms with van der Waals surface area (Å²) in [5.41, 5.74) is 0.812. The highest BCUT2D eigenvalue weighted by atomic mass is 16.5. The van der Waals surface area contributed by atoms with E-state index in [4.69, 9.17) is 9.52 Å². The van der Waals surface area contributed by atoms with Gasteiger partial charge in [-0.05, 0) is 24.8 Å². The van der Waals surface area contributed by atoms with Gasteiger partial charge in [0.25, 0.3) is 0 Å². The number of ether oxygens (including phenoxy) is 1. The summed E-state index contributed by atoms with van der Waals surface area (Å²) in [5, 5.41) is 8.87. The van der Waals surface area contributed by atoms with Gasteiger partial charge in [0.1, 0.15) is 0 Å². The summed E-state index contributed by atoms with van der Waals surface area (Å²) >= 11 is 0. The second-order valence-corrected chi connectivity index (χ2v) is 4.24. The molecule has 0 bridgehead atoms. The minimum absolute atomic E-state index is 0.147. The standard InChI is InChI=1S/C12H15NO5/c1-17-11(14)10-9(4-7-18-10)8-2-5-13(6-3-8)12(15)16/h4,7-8H,2-3,5-6H2,1H3,(H,15,16). The summed E-state index contributed by atoms with van der Waals surface area (Å²) in [5.74, 6) is -0.115. The number of esters is 1. The minimum Gasteiger partial charge on any atom is -0.465 e. The number of carboxylic acid groups (broad SMARTS) is 1. The van der Waals surface area contributed by atoms with Crippen molar-refractivity contribution in [3.8, 4) is 0 Å². The maximum Gasteiger partial charge on any atom is 0.407 e. The maximum absolute atomic E-state index is 11.5. The Morgan fingerprint density at radius 2 is 2.11 bits per heavy atom. The highest BCUT2D eigenvalue weighted by molar-refractivity contribution is 5.88. The third kappa shape index (κ3) is 2.32. The van der Waals surface area contributed by atoms with Crippen LogP contribution in [0.25, 0.3) is 0 Å². The number of rotatable bonds is 2. The monoisotopic (exact) mass is 253 g/mol. The Bertz CT molecular complexity index is 445. The summed E-state index contributed by atoms with van der Waals surface area (Å²) in [6, 6.07) is 1.76. The van der Waals surface area contributed by atoms with Gasteiger partial charge in [-0.2, -0.15) is 0 Å². The Morgan fingerprint density at radius 3 is 2.67 bits per heavy atom. The Kier molecular flexibility index (Phi) is 3.55. The number of carbonyl (C=O) groups is 2. The van der Waals surface area contributed by atoms with Crippen molar-refractivity contribution in [3.63, 3.8) is 0 Å². The Morgan fingerprint density at radius 1 is 1.44 bits per heavy atom. The first-order valence-corrected chi connectivity index (χ1v) is 5.77. The topological polar surface area (TPSA) is 80.0 Å². The number of nitrogens with zero attached hydrogens (tertiary/aromatic N) is 1. The van der Waals surface area contributed by atoms with Crippen LogP contribution in [0.4, 0.5) is 4.79 Å².